The summed E-state index contributed by atoms with van der Waals surface area (Å²) in [6.07, 6.45) is 8.05. The van der Waals surface area contributed by atoms with Crippen molar-refractivity contribution in [2.75, 3.05) is 23.9 Å². The van der Waals surface area contributed by atoms with E-state index in [4.69, 9.17) is 11.6 Å². The molecule has 3 aromatic rings. The first-order valence-corrected chi connectivity index (χ1v) is 14.7. The monoisotopic (exact) mass is 556 g/mol. The molecule has 7 aliphatic rings. The van der Waals surface area contributed by atoms with Crippen molar-refractivity contribution in [1.29, 1.82) is 0 Å². The number of likely N-dealkylation sites (tertiary alicyclic amines) is 1. The molecule has 5 aliphatic carbocycles. The molecule has 3 N–H and O–H groups in total. The number of piperidine rings is 1. The molecule has 4 heterocycles. The van der Waals surface area contributed by atoms with Gasteiger partial charge in [0.2, 0.25) is 17.6 Å². The van der Waals surface area contributed by atoms with E-state index >= 15 is 0 Å². The number of alkyl halides is 1. The highest BCUT2D eigenvalue weighted by molar-refractivity contribution is 6.19. The van der Waals surface area contributed by atoms with Gasteiger partial charge in [0.05, 0.1) is 27.7 Å². The fraction of sp³-hybridized carbons (Fsp3) is 0.452. The van der Waals surface area contributed by atoms with Crippen LogP contribution in [0.4, 0.5) is 5.69 Å². The summed E-state index contributed by atoms with van der Waals surface area (Å²) < 4.78 is 0. The summed E-state index contributed by atoms with van der Waals surface area (Å²) in [6, 6.07) is 1.68. The molecule has 9 heteroatoms. The zero-order valence-corrected chi connectivity index (χ0v) is 23.1. The Morgan fingerprint density at radius 2 is 1.75 bits per heavy atom. The summed E-state index contributed by atoms with van der Waals surface area (Å²) in [5.41, 5.74) is 5.86. The first-order chi connectivity index (χ1) is 19.1. The van der Waals surface area contributed by atoms with Gasteiger partial charge in [0, 0.05) is 65.9 Å². The van der Waals surface area contributed by atoms with Gasteiger partial charge in [-0.25, -0.2) is 0 Å². The number of nitrogens with zero attached hydrogens (tertiary/aromatic N) is 2. The largest absolute Gasteiger partial charge is 0.506 e. The van der Waals surface area contributed by atoms with Crippen molar-refractivity contribution in [3.63, 3.8) is 0 Å². The standard InChI is InChI=1S/C31H29ClN4O4/c1-14-7-33-25-19(37)3-18-23(22(14)25)16(6-32)9-35(18)27(39)29-11-30(12-29,13-29)28(40)36-10-17-5-31(17)21(36)4-20(38)26-24(31)15(2)8-34-26/h3-4,7-8,16-17,33-34,37H,5-6,9-13H2,1-2H3. The molecule has 3 atom stereocenters. The number of anilines is 1. The number of aryl methyl sites for hydroxylation is 2. The predicted molar refractivity (Wildman–Crippen MR) is 149 cm³/mol. The first kappa shape index (κ1) is 23.2. The number of phenolic OH excluding ortho intramolecular Hbond substituents is 1. The Bertz CT molecular complexity index is 1780. The number of allylic oxidation sites excluding steroid dienone is 2. The maximum Gasteiger partial charge on any atom is 0.233 e. The van der Waals surface area contributed by atoms with Crippen molar-refractivity contribution in [1.82, 2.24) is 14.9 Å². The van der Waals surface area contributed by atoms with Crippen molar-refractivity contribution in [3.05, 3.63) is 58.2 Å². The van der Waals surface area contributed by atoms with Gasteiger partial charge >= 0.3 is 0 Å². The minimum Gasteiger partial charge on any atom is -0.506 e. The zero-order chi connectivity index (χ0) is 27.5. The minimum atomic E-state index is -0.548. The van der Waals surface area contributed by atoms with Gasteiger partial charge in [0.1, 0.15) is 5.75 Å². The molecule has 10 rings (SSSR count). The lowest BCUT2D eigenvalue weighted by atomic mass is 9.34. The van der Waals surface area contributed by atoms with Crippen LogP contribution in [0.25, 0.3) is 10.9 Å². The number of hydrogen-bond donors (Lipinski definition) is 3. The second-order valence-electron chi connectivity index (χ2n) is 13.3. The summed E-state index contributed by atoms with van der Waals surface area (Å²) in [6.45, 7) is 5.15. The van der Waals surface area contributed by atoms with Crippen LogP contribution in [0.5, 0.6) is 5.75 Å². The number of ketones is 1. The molecule has 1 aromatic carbocycles. The number of carbonyl (C=O) groups excluding carboxylic acids is 3. The fourth-order valence-electron chi connectivity index (χ4n) is 9.40. The second-order valence-corrected chi connectivity index (χ2v) is 13.6. The van der Waals surface area contributed by atoms with E-state index in [0.717, 1.165) is 45.4 Å². The third kappa shape index (κ3) is 2.38. The number of H-pyrrole nitrogens is 2. The van der Waals surface area contributed by atoms with E-state index in [1.807, 2.05) is 31.1 Å². The number of fused-ring (bicyclic) bond motifs is 4. The maximum atomic E-state index is 14.1. The SMILES string of the molecule is Cc1c[nH]c2c1C13CC1CN(C(=O)C14CC(C(=O)N5CC(CCl)c6c5cc(O)c5[nH]cc(C)c65)(C1)C4)C3=CC2=O. The number of amides is 2. The van der Waals surface area contributed by atoms with Crippen molar-refractivity contribution in [2.24, 2.45) is 16.7 Å². The van der Waals surface area contributed by atoms with E-state index in [-0.39, 0.29) is 34.7 Å². The number of rotatable bonds is 3. The average molecular weight is 557 g/mol. The molecular formula is C31H29ClN4O4. The number of aromatic amines is 2. The summed E-state index contributed by atoms with van der Waals surface area (Å²) in [5.74, 6) is 0.875. The van der Waals surface area contributed by atoms with Gasteiger partial charge in [-0.2, -0.15) is 0 Å². The topological polar surface area (TPSA) is 110 Å². The molecule has 2 amide bonds. The van der Waals surface area contributed by atoms with Gasteiger partial charge in [-0.15, -0.1) is 11.6 Å². The summed E-state index contributed by atoms with van der Waals surface area (Å²) in [5, 5.41) is 11.7. The Hall–Kier alpha value is -3.52. The Balaban J connectivity index is 0.994. The minimum absolute atomic E-state index is 0.0220. The third-order valence-electron chi connectivity index (χ3n) is 11.2. The van der Waals surface area contributed by atoms with E-state index < -0.39 is 10.8 Å². The highest BCUT2D eigenvalue weighted by Crippen LogP contribution is 2.76. The predicted octanol–water partition coefficient (Wildman–Crippen LogP) is 4.54. The molecular weight excluding hydrogens is 528 g/mol. The van der Waals surface area contributed by atoms with E-state index in [1.165, 1.54) is 0 Å². The van der Waals surface area contributed by atoms with Gasteiger partial charge in [-0.05, 0) is 67.7 Å². The Morgan fingerprint density at radius 3 is 2.48 bits per heavy atom. The molecule has 1 saturated heterocycles. The molecule has 0 radical (unpaired) electrons. The number of hydrogen-bond acceptors (Lipinski definition) is 4. The fourth-order valence-corrected chi connectivity index (χ4v) is 9.65. The van der Waals surface area contributed by atoms with Gasteiger partial charge < -0.3 is 24.9 Å². The highest BCUT2D eigenvalue weighted by Gasteiger charge is 2.78. The van der Waals surface area contributed by atoms with Crippen LogP contribution in [0.15, 0.2) is 30.2 Å². The quantitative estimate of drug-likeness (QED) is 0.411. The van der Waals surface area contributed by atoms with Crippen molar-refractivity contribution in [2.45, 2.75) is 50.9 Å². The lowest BCUT2D eigenvalue weighted by Crippen LogP contribution is -2.72. The van der Waals surface area contributed by atoms with E-state index in [1.54, 1.807) is 17.0 Å². The molecule has 8 nitrogen and oxygen atoms in total. The van der Waals surface area contributed by atoms with E-state index in [2.05, 4.69) is 9.97 Å². The Kier molecular flexibility index (Phi) is 3.97. The lowest BCUT2D eigenvalue weighted by Gasteiger charge is -2.69. The molecule has 2 aliphatic heterocycles. The zero-order valence-electron chi connectivity index (χ0n) is 22.4. The average Bonchev–Trinajstić information content (AvgIpc) is 3.25. The molecule has 5 fully saturated rings. The maximum absolute atomic E-state index is 14.1. The molecule has 40 heavy (non-hydrogen) atoms. The number of aromatic nitrogens is 2. The van der Waals surface area contributed by atoms with Crippen LogP contribution >= 0.6 is 11.6 Å². The molecule has 1 spiro atoms. The number of benzene rings is 1. The lowest BCUT2D eigenvalue weighted by molar-refractivity contribution is -0.212. The van der Waals surface area contributed by atoms with Crippen molar-refractivity contribution < 1.29 is 19.5 Å². The molecule has 3 unspecified atom stereocenters. The molecule has 2 aromatic heterocycles. The number of nitrogens with one attached hydrogen (secondary N) is 2. The smallest absolute Gasteiger partial charge is 0.233 e. The number of carbonyl (C=O) groups is 3. The summed E-state index contributed by atoms with van der Waals surface area (Å²) >= 11 is 6.40. The molecule has 4 saturated carbocycles. The number of aromatic hydroxyl groups is 1. The number of halogens is 1. The van der Waals surface area contributed by atoms with Crippen LogP contribution in [-0.4, -0.2) is 56.5 Å². The highest BCUT2D eigenvalue weighted by atomic mass is 35.5. The van der Waals surface area contributed by atoms with Crippen LogP contribution in [0.1, 0.15) is 64.3 Å². The Labute approximate surface area is 235 Å². The third-order valence-corrected chi connectivity index (χ3v) is 11.5. The van der Waals surface area contributed by atoms with E-state index in [0.29, 0.717) is 55.4 Å². The summed E-state index contributed by atoms with van der Waals surface area (Å²) in [4.78, 5) is 51.0. The second kappa shape index (κ2) is 6.85. The molecule has 2 bridgehead atoms. The van der Waals surface area contributed by atoms with Gasteiger partial charge in [0.15, 0.2) is 0 Å². The van der Waals surface area contributed by atoms with Crippen LogP contribution in [0.3, 0.4) is 0 Å². The van der Waals surface area contributed by atoms with Crippen LogP contribution in [0.2, 0.25) is 0 Å². The van der Waals surface area contributed by atoms with Crippen LogP contribution < -0.4 is 4.90 Å². The van der Waals surface area contributed by atoms with Crippen LogP contribution in [-0.2, 0) is 15.0 Å². The van der Waals surface area contributed by atoms with Crippen LogP contribution in [0, 0.1) is 30.6 Å². The van der Waals surface area contributed by atoms with Gasteiger partial charge in [-0.1, -0.05) is 0 Å². The van der Waals surface area contributed by atoms with Gasteiger partial charge in [-0.3, -0.25) is 14.4 Å². The first-order valence-electron chi connectivity index (χ1n) is 14.1. The van der Waals surface area contributed by atoms with Crippen molar-refractivity contribution in [3.8, 4) is 5.75 Å². The van der Waals surface area contributed by atoms with Crippen molar-refractivity contribution >= 4 is 45.8 Å². The summed E-state index contributed by atoms with van der Waals surface area (Å²) in [7, 11) is 0. The normalized spacial score (nSPS) is 34.1. The van der Waals surface area contributed by atoms with E-state index in [9.17, 15) is 19.5 Å². The Morgan fingerprint density at radius 1 is 1.05 bits per heavy atom. The number of phenols is 1. The molecule has 204 valence electrons. The van der Waals surface area contributed by atoms with Gasteiger partial charge in [0.25, 0.3) is 0 Å².